The van der Waals surface area contributed by atoms with Crippen molar-refractivity contribution in [3.05, 3.63) is 24.3 Å². The van der Waals surface area contributed by atoms with Crippen LogP contribution >= 0.6 is 11.8 Å². The topological polar surface area (TPSA) is 72.9 Å². The van der Waals surface area contributed by atoms with Crippen molar-refractivity contribution in [2.45, 2.75) is 29.5 Å². The van der Waals surface area contributed by atoms with Gasteiger partial charge in [-0.05, 0) is 38.1 Å². The lowest BCUT2D eigenvalue weighted by molar-refractivity contribution is -0.146. The molecule has 0 radical (unpaired) electrons. The van der Waals surface area contributed by atoms with E-state index in [2.05, 4.69) is 0 Å². The van der Waals surface area contributed by atoms with Crippen molar-refractivity contribution in [1.82, 2.24) is 4.31 Å². The number of thioether (sulfide) groups is 1. The summed E-state index contributed by atoms with van der Waals surface area (Å²) in [5.74, 6) is 0.651. The predicted octanol–water partition coefficient (Wildman–Crippen LogP) is 1.75. The Morgan fingerprint density at radius 2 is 1.87 bits per heavy atom. The first-order valence-corrected chi connectivity index (χ1v) is 9.54. The number of carbonyl (C=O) groups excluding carboxylic acids is 1. The van der Waals surface area contributed by atoms with Crippen LogP contribution in [0, 0.1) is 0 Å². The maximum absolute atomic E-state index is 13.0. The lowest BCUT2D eigenvalue weighted by Gasteiger charge is -2.43. The average Bonchev–Trinajstić information content (AvgIpc) is 2.53. The summed E-state index contributed by atoms with van der Waals surface area (Å²) < 4.78 is 36.5. The van der Waals surface area contributed by atoms with Gasteiger partial charge in [-0.1, -0.05) is 0 Å². The van der Waals surface area contributed by atoms with E-state index < -0.39 is 26.8 Å². The number of hydrogen-bond acceptors (Lipinski definition) is 6. The van der Waals surface area contributed by atoms with Crippen LogP contribution in [-0.4, -0.2) is 56.0 Å². The Hall–Kier alpha value is -1.25. The molecule has 8 heteroatoms. The third-order valence-electron chi connectivity index (χ3n) is 3.82. The molecule has 1 saturated heterocycles. The molecule has 1 aliphatic heterocycles. The fourth-order valence-corrected chi connectivity index (χ4v) is 5.70. The van der Waals surface area contributed by atoms with E-state index in [1.807, 2.05) is 13.8 Å². The van der Waals surface area contributed by atoms with E-state index in [1.165, 1.54) is 30.7 Å². The highest BCUT2D eigenvalue weighted by Gasteiger charge is 2.48. The van der Waals surface area contributed by atoms with Gasteiger partial charge in [0.05, 0.1) is 19.1 Å². The number of nitrogens with zero attached hydrogens (tertiary/aromatic N) is 1. The SMILES string of the molecule is COC(=O)[C@@H]1N(S(=O)(=O)c2ccc(OC)cc2)CCSC1(C)C. The standard InChI is InChI=1S/C15H21NO5S2/c1-15(2)13(14(17)21-4)16(9-10-22-15)23(18,19)12-7-5-11(20-3)6-8-12/h5-8,13H,9-10H2,1-4H3/t13-/m0/s1. The molecule has 1 aromatic carbocycles. The molecule has 1 aliphatic rings. The number of rotatable bonds is 4. The summed E-state index contributed by atoms with van der Waals surface area (Å²) >= 11 is 1.57. The number of methoxy groups -OCH3 is 2. The third kappa shape index (κ3) is 3.49. The van der Waals surface area contributed by atoms with E-state index in [0.717, 1.165) is 0 Å². The van der Waals surface area contributed by atoms with Crippen LogP contribution in [-0.2, 0) is 19.6 Å². The molecule has 23 heavy (non-hydrogen) atoms. The van der Waals surface area contributed by atoms with Gasteiger partial charge in [0.25, 0.3) is 0 Å². The number of carbonyl (C=O) groups is 1. The minimum atomic E-state index is -3.80. The van der Waals surface area contributed by atoms with Crippen LogP contribution in [0.2, 0.25) is 0 Å². The number of esters is 1. The Morgan fingerprint density at radius 1 is 1.26 bits per heavy atom. The van der Waals surface area contributed by atoms with Gasteiger partial charge in [0.1, 0.15) is 11.8 Å². The predicted molar refractivity (Wildman–Crippen MR) is 89.2 cm³/mol. The fourth-order valence-electron chi connectivity index (χ4n) is 2.61. The largest absolute Gasteiger partial charge is 0.497 e. The number of hydrogen-bond donors (Lipinski definition) is 0. The zero-order valence-electron chi connectivity index (χ0n) is 13.6. The fraction of sp³-hybridized carbons (Fsp3) is 0.533. The first-order valence-electron chi connectivity index (χ1n) is 7.11. The summed E-state index contributed by atoms with van der Waals surface area (Å²) in [6.07, 6.45) is 0. The highest BCUT2D eigenvalue weighted by Crippen LogP contribution is 2.38. The Morgan fingerprint density at radius 3 is 2.39 bits per heavy atom. The Balaban J connectivity index is 2.44. The van der Waals surface area contributed by atoms with Crippen LogP contribution < -0.4 is 4.74 Å². The van der Waals surface area contributed by atoms with Crippen LogP contribution in [0.4, 0.5) is 0 Å². The molecule has 6 nitrogen and oxygen atoms in total. The van der Waals surface area contributed by atoms with Crippen LogP contribution in [0.1, 0.15) is 13.8 Å². The van der Waals surface area contributed by atoms with Gasteiger partial charge in [-0.25, -0.2) is 8.42 Å². The van der Waals surface area contributed by atoms with Crippen molar-refractivity contribution in [1.29, 1.82) is 0 Å². The maximum atomic E-state index is 13.0. The zero-order valence-corrected chi connectivity index (χ0v) is 15.2. The van der Waals surface area contributed by atoms with Gasteiger partial charge < -0.3 is 9.47 Å². The molecule has 128 valence electrons. The summed E-state index contributed by atoms with van der Waals surface area (Å²) in [6.45, 7) is 3.98. The summed E-state index contributed by atoms with van der Waals surface area (Å²) in [7, 11) is -1.01. The number of sulfonamides is 1. The van der Waals surface area contributed by atoms with Crippen molar-refractivity contribution < 1.29 is 22.7 Å². The van der Waals surface area contributed by atoms with E-state index >= 15 is 0 Å². The van der Waals surface area contributed by atoms with E-state index in [9.17, 15) is 13.2 Å². The monoisotopic (exact) mass is 359 g/mol. The van der Waals surface area contributed by atoms with Crippen LogP contribution in [0.5, 0.6) is 5.75 Å². The lowest BCUT2D eigenvalue weighted by atomic mass is 10.0. The van der Waals surface area contributed by atoms with Gasteiger partial charge in [0.15, 0.2) is 0 Å². The first-order chi connectivity index (χ1) is 10.7. The van der Waals surface area contributed by atoms with E-state index in [4.69, 9.17) is 9.47 Å². The maximum Gasteiger partial charge on any atom is 0.325 e. The van der Waals surface area contributed by atoms with Gasteiger partial charge >= 0.3 is 5.97 Å². The van der Waals surface area contributed by atoms with Gasteiger partial charge in [-0.2, -0.15) is 16.1 Å². The normalized spacial score (nSPS) is 21.7. The highest BCUT2D eigenvalue weighted by atomic mass is 32.2. The lowest BCUT2D eigenvalue weighted by Crippen LogP contribution is -2.58. The third-order valence-corrected chi connectivity index (χ3v) is 7.06. The molecule has 0 saturated carbocycles. The second-order valence-electron chi connectivity index (χ2n) is 5.67. The molecule has 0 amide bonds. The zero-order chi connectivity index (χ0) is 17.3. The first kappa shape index (κ1) is 18.1. The summed E-state index contributed by atoms with van der Waals surface area (Å²) in [5, 5.41) is 0. The van der Waals surface area contributed by atoms with Crippen molar-refractivity contribution in [3.8, 4) is 5.75 Å². The van der Waals surface area contributed by atoms with Crippen LogP contribution in [0.15, 0.2) is 29.2 Å². The van der Waals surface area contributed by atoms with Crippen molar-refractivity contribution >= 4 is 27.8 Å². The number of benzene rings is 1. The average molecular weight is 359 g/mol. The molecule has 0 N–H and O–H groups in total. The van der Waals surface area contributed by atoms with Crippen LogP contribution in [0.3, 0.4) is 0 Å². The van der Waals surface area contributed by atoms with Crippen molar-refractivity contribution in [2.24, 2.45) is 0 Å². The molecule has 1 heterocycles. The highest BCUT2D eigenvalue weighted by molar-refractivity contribution is 8.00. The summed E-state index contributed by atoms with van der Waals surface area (Å²) in [5.41, 5.74) is 0. The molecule has 0 bridgehead atoms. The molecule has 1 atom stereocenters. The molecular weight excluding hydrogens is 338 g/mol. The van der Waals surface area contributed by atoms with Gasteiger partial charge in [0.2, 0.25) is 10.0 Å². The van der Waals surface area contributed by atoms with Crippen molar-refractivity contribution in [3.63, 3.8) is 0 Å². The molecule has 0 unspecified atom stereocenters. The molecule has 1 aromatic rings. The van der Waals surface area contributed by atoms with Gasteiger partial charge in [-0.3, -0.25) is 4.79 Å². The van der Waals surface area contributed by atoms with E-state index in [1.54, 1.807) is 23.9 Å². The van der Waals surface area contributed by atoms with E-state index in [-0.39, 0.29) is 11.4 Å². The smallest absolute Gasteiger partial charge is 0.325 e. The van der Waals surface area contributed by atoms with Crippen molar-refractivity contribution in [2.75, 3.05) is 26.5 Å². The van der Waals surface area contributed by atoms with E-state index in [0.29, 0.717) is 11.5 Å². The molecule has 0 spiro atoms. The quantitative estimate of drug-likeness (QED) is 0.763. The van der Waals surface area contributed by atoms with Gasteiger partial charge in [0, 0.05) is 17.0 Å². The Labute approximate surface area is 141 Å². The second-order valence-corrected chi connectivity index (χ2v) is 9.31. The summed E-state index contributed by atoms with van der Waals surface area (Å²) in [4.78, 5) is 12.3. The minimum Gasteiger partial charge on any atom is -0.497 e. The molecule has 0 aromatic heterocycles. The van der Waals surface area contributed by atoms with Gasteiger partial charge in [-0.15, -0.1) is 0 Å². The molecule has 0 aliphatic carbocycles. The van der Waals surface area contributed by atoms with Crippen LogP contribution in [0.25, 0.3) is 0 Å². The second kappa shape index (κ2) is 6.70. The number of ether oxygens (including phenoxy) is 2. The summed E-state index contributed by atoms with van der Waals surface area (Å²) in [6, 6.07) is 5.28. The Kier molecular flexibility index (Phi) is 5.27. The molecule has 1 fully saturated rings. The Bertz CT molecular complexity index is 670. The minimum absolute atomic E-state index is 0.134. The molecule has 2 rings (SSSR count). The molecular formula is C15H21NO5S2.